The summed E-state index contributed by atoms with van der Waals surface area (Å²) in [4.78, 5) is 30.2. The number of hydrogen-bond acceptors (Lipinski definition) is 4. The average molecular weight is 432 g/mol. The molecule has 1 aliphatic rings. The predicted molar refractivity (Wildman–Crippen MR) is 120 cm³/mol. The molecular formula is C25H27N4O3+. The first-order valence-corrected chi connectivity index (χ1v) is 10.8. The van der Waals surface area contributed by atoms with Crippen LogP contribution >= 0.6 is 0 Å². The zero-order valence-corrected chi connectivity index (χ0v) is 17.8. The van der Waals surface area contributed by atoms with Gasteiger partial charge in [0.05, 0.1) is 19.5 Å². The second kappa shape index (κ2) is 10.5. The van der Waals surface area contributed by atoms with Gasteiger partial charge in [0.25, 0.3) is 5.91 Å². The fourth-order valence-electron chi connectivity index (χ4n) is 3.84. The summed E-state index contributed by atoms with van der Waals surface area (Å²) < 4.78 is 5.94. The summed E-state index contributed by atoms with van der Waals surface area (Å²) in [6.45, 7) is 2.42. The minimum Gasteiger partial charge on any atom is -0.457 e. The SMILES string of the molecule is O=C(CC1C(=O)NCC[NH+]1Cc1cccc(Oc2ccccc2)c1)NCc1ccncc1. The molecule has 1 saturated heterocycles. The van der Waals surface area contributed by atoms with Crippen molar-refractivity contribution in [3.63, 3.8) is 0 Å². The number of aromatic nitrogens is 1. The minimum absolute atomic E-state index is 0.0815. The molecule has 2 aromatic carbocycles. The number of amides is 2. The highest BCUT2D eigenvalue weighted by Gasteiger charge is 2.35. The fourth-order valence-corrected chi connectivity index (χ4v) is 3.84. The van der Waals surface area contributed by atoms with E-state index in [0.29, 0.717) is 19.6 Å². The van der Waals surface area contributed by atoms with E-state index in [2.05, 4.69) is 15.6 Å². The van der Waals surface area contributed by atoms with E-state index in [0.717, 1.165) is 34.1 Å². The average Bonchev–Trinajstić information content (AvgIpc) is 2.82. The summed E-state index contributed by atoms with van der Waals surface area (Å²) in [5.74, 6) is 1.31. The van der Waals surface area contributed by atoms with Crippen LogP contribution in [0.15, 0.2) is 79.1 Å². The largest absolute Gasteiger partial charge is 0.457 e. The monoisotopic (exact) mass is 431 g/mol. The zero-order chi connectivity index (χ0) is 22.2. The quantitative estimate of drug-likeness (QED) is 0.504. The number of hydrogen-bond donors (Lipinski definition) is 3. The standard InChI is InChI=1S/C25H26N4O3/c30-24(28-17-19-9-11-26-12-10-19)16-23-25(31)27-13-14-29(23)18-20-5-4-8-22(15-20)32-21-6-2-1-3-7-21/h1-12,15,23H,13-14,16-18H2,(H,27,31)(H,28,30)/p+1. The predicted octanol–water partition coefficient (Wildman–Crippen LogP) is 1.46. The third-order valence-corrected chi connectivity index (χ3v) is 5.49. The molecule has 1 aliphatic heterocycles. The van der Waals surface area contributed by atoms with E-state index in [-0.39, 0.29) is 18.2 Å². The van der Waals surface area contributed by atoms with Crippen molar-refractivity contribution in [1.82, 2.24) is 15.6 Å². The maximum atomic E-state index is 12.6. The van der Waals surface area contributed by atoms with E-state index >= 15 is 0 Å². The molecule has 0 saturated carbocycles. The Kier molecular flexibility index (Phi) is 7.09. The van der Waals surface area contributed by atoms with E-state index in [9.17, 15) is 9.59 Å². The molecule has 0 spiro atoms. The normalized spacial score (nSPS) is 17.9. The van der Waals surface area contributed by atoms with Gasteiger partial charge in [-0.25, -0.2) is 0 Å². The van der Waals surface area contributed by atoms with Crippen LogP contribution in [0.4, 0.5) is 0 Å². The molecule has 32 heavy (non-hydrogen) atoms. The maximum Gasteiger partial charge on any atom is 0.279 e. The topological polar surface area (TPSA) is 84.8 Å². The first-order valence-electron chi connectivity index (χ1n) is 10.8. The van der Waals surface area contributed by atoms with Crippen molar-refractivity contribution in [2.45, 2.75) is 25.6 Å². The van der Waals surface area contributed by atoms with Crippen LogP contribution in [0.3, 0.4) is 0 Å². The molecule has 7 heteroatoms. The molecule has 0 bridgehead atoms. The van der Waals surface area contributed by atoms with Gasteiger partial charge in [0.1, 0.15) is 18.0 Å². The van der Waals surface area contributed by atoms with Crippen LogP contribution in [0.1, 0.15) is 17.5 Å². The number of nitrogens with zero attached hydrogens (tertiary/aromatic N) is 1. The second-order valence-electron chi connectivity index (χ2n) is 7.83. The summed E-state index contributed by atoms with van der Waals surface area (Å²) in [5.41, 5.74) is 2.03. The molecule has 4 rings (SSSR count). The van der Waals surface area contributed by atoms with Gasteiger partial charge in [0, 0.05) is 24.5 Å². The third-order valence-electron chi connectivity index (χ3n) is 5.49. The van der Waals surface area contributed by atoms with E-state index in [1.54, 1.807) is 12.4 Å². The Labute approximate surface area is 187 Å². The number of ether oxygens (including phenoxy) is 1. The Morgan fingerprint density at radius 3 is 2.62 bits per heavy atom. The van der Waals surface area contributed by atoms with E-state index in [1.165, 1.54) is 0 Å². The molecule has 1 fully saturated rings. The smallest absolute Gasteiger partial charge is 0.279 e. The van der Waals surface area contributed by atoms with Gasteiger partial charge in [-0.1, -0.05) is 30.3 Å². The Morgan fingerprint density at radius 2 is 1.81 bits per heavy atom. The van der Waals surface area contributed by atoms with Gasteiger partial charge in [-0.2, -0.15) is 0 Å². The summed E-state index contributed by atoms with van der Waals surface area (Å²) >= 11 is 0. The number of pyridine rings is 1. The molecule has 3 aromatic rings. The van der Waals surface area contributed by atoms with Gasteiger partial charge in [0.15, 0.2) is 6.04 Å². The van der Waals surface area contributed by atoms with Gasteiger partial charge in [0.2, 0.25) is 5.91 Å². The lowest BCUT2D eigenvalue weighted by molar-refractivity contribution is -0.930. The molecular weight excluding hydrogens is 404 g/mol. The van der Waals surface area contributed by atoms with Crippen LogP contribution in [0.5, 0.6) is 11.5 Å². The molecule has 1 aromatic heterocycles. The molecule has 2 atom stereocenters. The van der Waals surface area contributed by atoms with Gasteiger partial charge >= 0.3 is 0 Å². The van der Waals surface area contributed by atoms with Crippen LogP contribution < -0.4 is 20.3 Å². The van der Waals surface area contributed by atoms with Gasteiger partial charge < -0.3 is 20.3 Å². The van der Waals surface area contributed by atoms with Crippen molar-refractivity contribution >= 4 is 11.8 Å². The highest BCUT2D eigenvalue weighted by Crippen LogP contribution is 2.21. The minimum atomic E-state index is -0.431. The number of piperazine rings is 1. The van der Waals surface area contributed by atoms with Gasteiger partial charge in [-0.15, -0.1) is 0 Å². The van der Waals surface area contributed by atoms with Crippen molar-refractivity contribution < 1.29 is 19.2 Å². The van der Waals surface area contributed by atoms with Crippen LogP contribution in [-0.4, -0.2) is 35.9 Å². The Morgan fingerprint density at radius 1 is 1.03 bits per heavy atom. The number of quaternary nitrogens is 1. The third kappa shape index (κ3) is 5.92. The number of benzene rings is 2. The van der Waals surface area contributed by atoms with Crippen molar-refractivity contribution in [3.8, 4) is 11.5 Å². The molecule has 3 N–H and O–H groups in total. The van der Waals surface area contributed by atoms with Crippen molar-refractivity contribution in [1.29, 1.82) is 0 Å². The van der Waals surface area contributed by atoms with Crippen LogP contribution in [0.25, 0.3) is 0 Å². The molecule has 7 nitrogen and oxygen atoms in total. The summed E-state index contributed by atoms with van der Waals surface area (Å²) in [6.07, 6.45) is 3.53. The molecule has 2 heterocycles. The number of carbonyl (C=O) groups excluding carboxylic acids is 2. The van der Waals surface area contributed by atoms with Crippen LogP contribution in [0.2, 0.25) is 0 Å². The zero-order valence-electron chi connectivity index (χ0n) is 17.8. The molecule has 164 valence electrons. The van der Waals surface area contributed by atoms with E-state index < -0.39 is 6.04 Å². The second-order valence-corrected chi connectivity index (χ2v) is 7.83. The molecule has 0 radical (unpaired) electrons. The lowest BCUT2D eigenvalue weighted by Crippen LogP contribution is -3.18. The molecule has 2 amide bonds. The van der Waals surface area contributed by atoms with Gasteiger partial charge in [-0.3, -0.25) is 14.6 Å². The Balaban J connectivity index is 1.38. The van der Waals surface area contributed by atoms with Crippen molar-refractivity contribution in [2.24, 2.45) is 0 Å². The molecule has 0 aliphatic carbocycles. The first-order chi connectivity index (χ1) is 15.7. The highest BCUT2D eigenvalue weighted by molar-refractivity contribution is 5.87. The molecule has 2 unspecified atom stereocenters. The van der Waals surface area contributed by atoms with Crippen LogP contribution in [0, 0.1) is 0 Å². The van der Waals surface area contributed by atoms with Gasteiger partial charge in [-0.05, 0) is 42.0 Å². The Hall–Kier alpha value is -3.71. The first kappa shape index (κ1) is 21.5. The number of nitrogens with one attached hydrogen (secondary N) is 3. The fraction of sp³-hybridized carbons (Fsp3) is 0.240. The summed E-state index contributed by atoms with van der Waals surface area (Å²) in [7, 11) is 0. The van der Waals surface area contributed by atoms with E-state index in [1.807, 2.05) is 66.7 Å². The Bertz CT molecular complexity index is 1040. The summed E-state index contributed by atoms with van der Waals surface area (Å²) in [6, 6.07) is 20.8. The maximum absolute atomic E-state index is 12.6. The lowest BCUT2D eigenvalue weighted by Gasteiger charge is -2.31. The number of para-hydroxylation sites is 1. The van der Waals surface area contributed by atoms with E-state index in [4.69, 9.17) is 4.74 Å². The number of carbonyl (C=O) groups is 2. The van der Waals surface area contributed by atoms with Crippen molar-refractivity contribution in [3.05, 3.63) is 90.3 Å². The summed E-state index contributed by atoms with van der Waals surface area (Å²) in [5, 5.41) is 5.81. The van der Waals surface area contributed by atoms with Crippen molar-refractivity contribution in [2.75, 3.05) is 13.1 Å². The lowest BCUT2D eigenvalue weighted by atomic mass is 10.1. The van der Waals surface area contributed by atoms with Crippen LogP contribution in [-0.2, 0) is 22.7 Å². The highest BCUT2D eigenvalue weighted by atomic mass is 16.5. The number of rotatable bonds is 8.